The summed E-state index contributed by atoms with van der Waals surface area (Å²) in [6, 6.07) is 4.36. The fourth-order valence-corrected chi connectivity index (χ4v) is 1.10. The van der Waals surface area contributed by atoms with Crippen molar-refractivity contribution in [3.05, 3.63) is 28.8 Å². The summed E-state index contributed by atoms with van der Waals surface area (Å²) in [6.07, 6.45) is 0. The maximum absolute atomic E-state index is 10.6. The Labute approximate surface area is 84.7 Å². The van der Waals surface area contributed by atoms with Crippen molar-refractivity contribution in [1.29, 1.82) is 0 Å². The van der Waals surface area contributed by atoms with Gasteiger partial charge in [-0.05, 0) is 30.4 Å². The van der Waals surface area contributed by atoms with Crippen LogP contribution >= 0.6 is 23.8 Å². The molecule has 0 heterocycles. The van der Waals surface area contributed by atoms with Crippen LogP contribution in [0.25, 0.3) is 0 Å². The maximum Gasteiger partial charge on any atom is 0.337 e. The first kappa shape index (κ1) is 9.86. The van der Waals surface area contributed by atoms with Crippen LogP contribution in [0.4, 0.5) is 5.69 Å². The van der Waals surface area contributed by atoms with Gasteiger partial charge in [-0.25, -0.2) is 4.79 Å². The van der Waals surface area contributed by atoms with E-state index >= 15 is 0 Å². The molecule has 3 nitrogen and oxygen atoms in total. The van der Waals surface area contributed by atoms with Crippen molar-refractivity contribution in [2.45, 2.75) is 0 Å². The number of hydrogen-bond donors (Lipinski definition) is 1. The van der Waals surface area contributed by atoms with E-state index in [-0.39, 0.29) is 10.6 Å². The Kier molecular flexibility index (Phi) is 3.14. The highest BCUT2D eigenvalue weighted by molar-refractivity contribution is 7.78. The fourth-order valence-electron chi connectivity index (χ4n) is 0.799. The van der Waals surface area contributed by atoms with E-state index in [0.717, 1.165) is 0 Å². The molecule has 0 saturated carbocycles. The van der Waals surface area contributed by atoms with Gasteiger partial charge in [0, 0.05) is 0 Å². The zero-order valence-electron chi connectivity index (χ0n) is 6.32. The highest BCUT2D eigenvalue weighted by Gasteiger charge is 2.08. The second-order valence-corrected chi connectivity index (χ2v) is 2.76. The van der Waals surface area contributed by atoms with Crippen LogP contribution in [0.15, 0.2) is 23.2 Å². The number of halogens is 1. The lowest BCUT2D eigenvalue weighted by atomic mass is 10.2. The third kappa shape index (κ3) is 2.36. The van der Waals surface area contributed by atoms with E-state index in [9.17, 15) is 4.79 Å². The summed E-state index contributed by atoms with van der Waals surface area (Å²) < 4.78 is 0. The Balaban J connectivity index is 3.26. The standard InChI is InChI=1S/C8H4ClNO2S/c9-7-2-1-5(10-4-13)3-6(7)8(11)12/h1-3H,(H,11,12). The number of rotatable bonds is 2. The molecular weight excluding hydrogens is 210 g/mol. The van der Waals surface area contributed by atoms with E-state index < -0.39 is 5.97 Å². The molecule has 0 aliphatic carbocycles. The molecule has 0 amide bonds. The van der Waals surface area contributed by atoms with Gasteiger partial charge in [0.05, 0.1) is 21.4 Å². The van der Waals surface area contributed by atoms with Gasteiger partial charge in [-0.1, -0.05) is 11.6 Å². The summed E-state index contributed by atoms with van der Waals surface area (Å²) in [7, 11) is 0. The fraction of sp³-hybridized carbons (Fsp3) is 0. The van der Waals surface area contributed by atoms with Gasteiger partial charge in [0.15, 0.2) is 0 Å². The Hall–Kier alpha value is -1.22. The highest BCUT2D eigenvalue weighted by Crippen LogP contribution is 2.21. The summed E-state index contributed by atoms with van der Waals surface area (Å²) >= 11 is 10.0. The van der Waals surface area contributed by atoms with Crippen molar-refractivity contribution in [2.24, 2.45) is 4.99 Å². The lowest BCUT2D eigenvalue weighted by Crippen LogP contribution is -1.96. The Bertz CT molecular complexity index is 399. The molecule has 0 fully saturated rings. The molecular formula is C8H4ClNO2S. The number of aliphatic imine (C=N–C) groups is 1. The Morgan fingerprint density at radius 2 is 2.31 bits per heavy atom. The molecule has 13 heavy (non-hydrogen) atoms. The third-order valence-corrected chi connectivity index (χ3v) is 1.78. The van der Waals surface area contributed by atoms with Gasteiger partial charge in [0.25, 0.3) is 0 Å². The molecule has 1 rings (SSSR count). The number of carboxylic acids is 1. The van der Waals surface area contributed by atoms with Gasteiger partial charge in [0.2, 0.25) is 0 Å². The quantitative estimate of drug-likeness (QED) is 0.607. The first-order valence-electron chi connectivity index (χ1n) is 3.26. The number of thiocarbonyl (C=S) groups is 1. The summed E-state index contributed by atoms with van der Waals surface area (Å²) in [6.45, 7) is 0. The van der Waals surface area contributed by atoms with E-state index in [4.69, 9.17) is 16.7 Å². The van der Waals surface area contributed by atoms with Crippen molar-refractivity contribution < 1.29 is 9.90 Å². The van der Waals surface area contributed by atoms with Gasteiger partial charge in [-0.15, -0.1) is 0 Å². The summed E-state index contributed by atoms with van der Waals surface area (Å²) in [5.41, 5.74) is 0.435. The molecule has 5 heteroatoms. The largest absolute Gasteiger partial charge is 0.478 e. The molecule has 1 aromatic rings. The van der Waals surface area contributed by atoms with Crippen LogP contribution in [0.2, 0.25) is 5.02 Å². The molecule has 0 spiro atoms. The number of hydrogen-bond acceptors (Lipinski definition) is 3. The van der Waals surface area contributed by atoms with Crippen molar-refractivity contribution in [2.75, 3.05) is 0 Å². The summed E-state index contributed by atoms with van der Waals surface area (Å²) in [4.78, 5) is 14.2. The second-order valence-electron chi connectivity index (χ2n) is 2.17. The number of benzene rings is 1. The van der Waals surface area contributed by atoms with Crippen LogP contribution in [-0.4, -0.2) is 16.2 Å². The minimum atomic E-state index is -1.09. The highest BCUT2D eigenvalue weighted by atomic mass is 35.5. The normalized spacial score (nSPS) is 9.00. The van der Waals surface area contributed by atoms with E-state index in [0.29, 0.717) is 5.69 Å². The minimum Gasteiger partial charge on any atom is -0.478 e. The summed E-state index contributed by atoms with van der Waals surface area (Å²) in [5.74, 6) is -1.09. The molecule has 0 bridgehead atoms. The van der Waals surface area contributed by atoms with Gasteiger partial charge in [-0.2, -0.15) is 4.99 Å². The average Bonchev–Trinajstić information content (AvgIpc) is 2.08. The van der Waals surface area contributed by atoms with Gasteiger partial charge < -0.3 is 5.11 Å². The van der Waals surface area contributed by atoms with Gasteiger partial charge >= 0.3 is 5.97 Å². The second kappa shape index (κ2) is 4.14. The number of isothiocyanates is 1. The molecule has 0 aliphatic rings. The van der Waals surface area contributed by atoms with E-state index in [1.807, 2.05) is 0 Å². The van der Waals surface area contributed by atoms with Crippen molar-refractivity contribution in [3.63, 3.8) is 0 Å². The van der Waals surface area contributed by atoms with Crippen LogP contribution in [0.1, 0.15) is 10.4 Å². The third-order valence-electron chi connectivity index (χ3n) is 1.36. The Morgan fingerprint density at radius 3 is 2.85 bits per heavy atom. The SMILES string of the molecule is O=C(O)c1cc(N=C=S)ccc1Cl. The van der Waals surface area contributed by atoms with Crippen LogP contribution < -0.4 is 0 Å². The molecule has 0 aromatic heterocycles. The topological polar surface area (TPSA) is 49.7 Å². The molecule has 0 aliphatic heterocycles. The van der Waals surface area contributed by atoms with Crippen molar-refractivity contribution >= 4 is 40.6 Å². The zero-order valence-corrected chi connectivity index (χ0v) is 7.89. The zero-order chi connectivity index (χ0) is 9.84. The lowest BCUT2D eigenvalue weighted by Gasteiger charge is -1.98. The summed E-state index contributed by atoms with van der Waals surface area (Å²) in [5, 5.41) is 11.0. The molecule has 0 unspecified atom stereocenters. The predicted molar refractivity (Wildman–Crippen MR) is 53.1 cm³/mol. The van der Waals surface area contributed by atoms with Gasteiger partial charge in [-0.3, -0.25) is 0 Å². The smallest absolute Gasteiger partial charge is 0.337 e. The molecule has 0 atom stereocenters. The average molecular weight is 214 g/mol. The Morgan fingerprint density at radius 1 is 1.62 bits per heavy atom. The first-order valence-corrected chi connectivity index (χ1v) is 4.04. The minimum absolute atomic E-state index is 0.00756. The van der Waals surface area contributed by atoms with Crippen LogP contribution in [0, 0.1) is 0 Å². The number of nitrogens with zero attached hydrogens (tertiary/aromatic N) is 1. The van der Waals surface area contributed by atoms with Crippen LogP contribution in [0.5, 0.6) is 0 Å². The van der Waals surface area contributed by atoms with E-state index in [1.165, 1.54) is 12.1 Å². The van der Waals surface area contributed by atoms with E-state index in [2.05, 4.69) is 22.4 Å². The monoisotopic (exact) mass is 213 g/mol. The first-order chi connectivity index (χ1) is 6.15. The van der Waals surface area contributed by atoms with Crippen LogP contribution in [-0.2, 0) is 0 Å². The molecule has 1 aromatic carbocycles. The predicted octanol–water partition coefficient (Wildman–Crippen LogP) is 2.77. The van der Waals surface area contributed by atoms with Crippen molar-refractivity contribution in [3.8, 4) is 0 Å². The maximum atomic E-state index is 10.6. The number of carboxylic acid groups (broad SMARTS) is 1. The molecule has 0 radical (unpaired) electrons. The van der Waals surface area contributed by atoms with Gasteiger partial charge in [0.1, 0.15) is 0 Å². The molecule has 0 saturated heterocycles. The lowest BCUT2D eigenvalue weighted by molar-refractivity contribution is 0.0697. The van der Waals surface area contributed by atoms with E-state index in [1.54, 1.807) is 6.07 Å². The van der Waals surface area contributed by atoms with Crippen molar-refractivity contribution in [1.82, 2.24) is 0 Å². The van der Waals surface area contributed by atoms with Crippen LogP contribution in [0.3, 0.4) is 0 Å². The molecule has 1 N–H and O–H groups in total. The molecule has 66 valence electrons. The number of carbonyl (C=O) groups is 1. The number of aromatic carboxylic acids is 1.